The summed E-state index contributed by atoms with van der Waals surface area (Å²) in [5.74, 6) is 0. The molecule has 0 bridgehead atoms. The molecule has 0 aliphatic carbocycles. The van der Waals surface area contributed by atoms with Gasteiger partial charge in [-0.25, -0.2) is 0 Å². The summed E-state index contributed by atoms with van der Waals surface area (Å²) in [5, 5.41) is 8.31. The van der Waals surface area contributed by atoms with E-state index in [1.54, 1.807) is 6.20 Å². The number of rotatable bonds is 4. The zero-order chi connectivity index (χ0) is 13.1. The van der Waals surface area contributed by atoms with E-state index in [1.807, 2.05) is 23.9 Å². The molecule has 1 aromatic heterocycles. The van der Waals surface area contributed by atoms with Gasteiger partial charge in [0.15, 0.2) is 0 Å². The Bertz CT molecular complexity index is 532. The largest absolute Gasteiger partial charge is 0.310 e. The van der Waals surface area contributed by atoms with E-state index in [1.165, 1.54) is 5.56 Å². The minimum atomic E-state index is 0.473. The van der Waals surface area contributed by atoms with Crippen LogP contribution in [-0.4, -0.2) is 15.8 Å². The van der Waals surface area contributed by atoms with Gasteiger partial charge in [0.25, 0.3) is 0 Å². The maximum absolute atomic E-state index is 6.34. The molecular weight excluding hydrogens is 246 g/mol. The minimum Gasteiger partial charge on any atom is -0.310 e. The SMILES string of the molecule is CC(C)NCc1ccc(-c2ccnn2C)c(Cl)c1. The highest BCUT2D eigenvalue weighted by Gasteiger charge is 2.08. The first-order valence-corrected chi connectivity index (χ1v) is 6.46. The highest BCUT2D eigenvalue weighted by atomic mass is 35.5. The lowest BCUT2D eigenvalue weighted by atomic mass is 10.1. The Hall–Kier alpha value is -1.32. The number of hydrogen-bond acceptors (Lipinski definition) is 2. The predicted molar refractivity (Wildman–Crippen MR) is 75.6 cm³/mol. The van der Waals surface area contributed by atoms with Crippen molar-refractivity contribution in [3.05, 3.63) is 41.0 Å². The van der Waals surface area contributed by atoms with E-state index in [0.29, 0.717) is 6.04 Å². The first-order chi connectivity index (χ1) is 8.58. The number of aromatic nitrogens is 2. The average Bonchev–Trinajstić information content (AvgIpc) is 2.73. The quantitative estimate of drug-likeness (QED) is 0.918. The molecule has 0 spiro atoms. The molecule has 1 aromatic carbocycles. The van der Waals surface area contributed by atoms with Crippen molar-refractivity contribution in [1.82, 2.24) is 15.1 Å². The molecule has 4 heteroatoms. The second-order valence-corrected chi connectivity index (χ2v) is 5.10. The summed E-state index contributed by atoms with van der Waals surface area (Å²) < 4.78 is 1.83. The zero-order valence-corrected chi connectivity index (χ0v) is 11.7. The van der Waals surface area contributed by atoms with Crippen molar-refractivity contribution >= 4 is 11.6 Å². The van der Waals surface area contributed by atoms with Crippen LogP contribution in [0.25, 0.3) is 11.3 Å². The number of hydrogen-bond donors (Lipinski definition) is 1. The van der Waals surface area contributed by atoms with Gasteiger partial charge in [0, 0.05) is 31.4 Å². The maximum Gasteiger partial charge on any atom is 0.0693 e. The van der Waals surface area contributed by atoms with Gasteiger partial charge in [-0.05, 0) is 17.7 Å². The molecule has 18 heavy (non-hydrogen) atoms. The van der Waals surface area contributed by atoms with Crippen LogP contribution >= 0.6 is 11.6 Å². The molecule has 0 radical (unpaired) electrons. The standard InChI is InChI=1S/C14H18ClN3/c1-10(2)16-9-11-4-5-12(13(15)8-11)14-6-7-17-18(14)3/h4-8,10,16H,9H2,1-3H3. The molecule has 0 saturated carbocycles. The van der Waals surface area contributed by atoms with E-state index in [2.05, 4.69) is 36.4 Å². The van der Waals surface area contributed by atoms with E-state index >= 15 is 0 Å². The van der Waals surface area contributed by atoms with Crippen LogP contribution in [0.5, 0.6) is 0 Å². The van der Waals surface area contributed by atoms with Crippen molar-refractivity contribution in [1.29, 1.82) is 0 Å². The first-order valence-electron chi connectivity index (χ1n) is 6.08. The first kappa shape index (κ1) is 13.1. The number of benzene rings is 1. The minimum absolute atomic E-state index is 0.473. The fourth-order valence-corrected chi connectivity index (χ4v) is 2.14. The third-order valence-corrected chi connectivity index (χ3v) is 3.16. The van der Waals surface area contributed by atoms with Crippen LogP contribution in [0.2, 0.25) is 5.02 Å². The lowest BCUT2D eigenvalue weighted by molar-refractivity contribution is 0.589. The molecule has 0 atom stereocenters. The van der Waals surface area contributed by atoms with E-state index in [9.17, 15) is 0 Å². The molecule has 0 aliphatic heterocycles. The van der Waals surface area contributed by atoms with Crippen molar-refractivity contribution in [3.63, 3.8) is 0 Å². The van der Waals surface area contributed by atoms with Crippen LogP contribution in [0.3, 0.4) is 0 Å². The van der Waals surface area contributed by atoms with Crippen molar-refractivity contribution in [2.45, 2.75) is 26.4 Å². The van der Waals surface area contributed by atoms with Crippen LogP contribution < -0.4 is 5.32 Å². The Morgan fingerprint density at radius 3 is 2.67 bits per heavy atom. The van der Waals surface area contributed by atoms with Crippen molar-refractivity contribution < 1.29 is 0 Å². The van der Waals surface area contributed by atoms with Crippen molar-refractivity contribution in [2.24, 2.45) is 7.05 Å². The maximum atomic E-state index is 6.34. The third kappa shape index (κ3) is 2.92. The molecule has 2 rings (SSSR count). The molecule has 0 saturated heterocycles. The van der Waals surface area contributed by atoms with E-state index in [0.717, 1.165) is 22.8 Å². The summed E-state index contributed by atoms with van der Waals surface area (Å²) in [6.07, 6.45) is 1.78. The van der Waals surface area contributed by atoms with Crippen LogP contribution in [0.4, 0.5) is 0 Å². The van der Waals surface area contributed by atoms with Crippen LogP contribution in [0, 0.1) is 0 Å². The smallest absolute Gasteiger partial charge is 0.0693 e. The van der Waals surface area contributed by atoms with Gasteiger partial charge < -0.3 is 5.32 Å². The Balaban J connectivity index is 2.23. The fourth-order valence-electron chi connectivity index (χ4n) is 1.84. The van der Waals surface area contributed by atoms with Gasteiger partial charge in [-0.15, -0.1) is 0 Å². The number of nitrogens with zero attached hydrogens (tertiary/aromatic N) is 2. The third-order valence-electron chi connectivity index (χ3n) is 2.84. The second kappa shape index (κ2) is 5.55. The summed E-state index contributed by atoms with van der Waals surface area (Å²) in [5.41, 5.74) is 3.24. The molecule has 0 unspecified atom stereocenters. The number of aryl methyl sites for hydroxylation is 1. The van der Waals surface area contributed by atoms with Gasteiger partial charge >= 0.3 is 0 Å². The molecule has 96 valence electrons. The Morgan fingerprint density at radius 2 is 2.11 bits per heavy atom. The lowest BCUT2D eigenvalue weighted by Crippen LogP contribution is -2.21. The van der Waals surface area contributed by atoms with E-state index in [-0.39, 0.29) is 0 Å². The van der Waals surface area contributed by atoms with Crippen LogP contribution in [0.1, 0.15) is 19.4 Å². The number of halogens is 1. The normalized spacial score (nSPS) is 11.2. The molecule has 3 nitrogen and oxygen atoms in total. The topological polar surface area (TPSA) is 29.9 Å². The van der Waals surface area contributed by atoms with E-state index < -0.39 is 0 Å². The Labute approximate surface area is 113 Å². The van der Waals surface area contributed by atoms with Gasteiger partial charge in [0.1, 0.15) is 0 Å². The van der Waals surface area contributed by atoms with Crippen molar-refractivity contribution in [2.75, 3.05) is 0 Å². The van der Waals surface area contributed by atoms with Crippen molar-refractivity contribution in [3.8, 4) is 11.3 Å². The molecule has 0 fully saturated rings. The zero-order valence-electron chi connectivity index (χ0n) is 10.9. The van der Waals surface area contributed by atoms with Gasteiger partial charge in [0.2, 0.25) is 0 Å². The van der Waals surface area contributed by atoms with E-state index in [4.69, 9.17) is 11.6 Å². The molecule has 2 aromatic rings. The highest BCUT2D eigenvalue weighted by Crippen LogP contribution is 2.28. The average molecular weight is 264 g/mol. The highest BCUT2D eigenvalue weighted by molar-refractivity contribution is 6.33. The second-order valence-electron chi connectivity index (χ2n) is 4.69. The van der Waals surface area contributed by atoms with Crippen LogP contribution in [0.15, 0.2) is 30.5 Å². The predicted octanol–water partition coefficient (Wildman–Crippen LogP) is 3.24. The monoisotopic (exact) mass is 263 g/mol. The summed E-state index contributed by atoms with van der Waals surface area (Å²) in [6.45, 7) is 5.10. The number of nitrogens with one attached hydrogen (secondary N) is 1. The van der Waals surface area contributed by atoms with Gasteiger partial charge in [-0.3, -0.25) is 4.68 Å². The summed E-state index contributed by atoms with van der Waals surface area (Å²) in [6, 6.07) is 8.60. The van der Waals surface area contributed by atoms with Gasteiger partial charge in [-0.1, -0.05) is 37.6 Å². The summed E-state index contributed by atoms with van der Waals surface area (Å²) in [7, 11) is 1.92. The van der Waals surface area contributed by atoms with Crippen LogP contribution in [-0.2, 0) is 13.6 Å². The molecule has 1 N–H and O–H groups in total. The molecule has 1 heterocycles. The lowest BCUT2D eigenvalue weighted by Gasteiger charge is -2.10. The summed E-state index contributed by atoms with van der Waals surface area (Å²) in [4.78, 5) is 0. The summed E-state index contributed by atoms with van der Waals surface area (Å²) >= 11 is 6.34. The molecule has 0 aliphatic rings. The Kier molecular flexibility index (Phi) is 4.04. The Morgan fingerprint density at radius 1 is 1.33 bits per heavy atom. The fraction of sp³-hybridized carbons (Fsp3) is 0.357. The van der Waals surface area contributed by atoms with Gasteiger partial charge in [-0.2, -0.15) is 5.10 Å². The molecule has 0 amide bonds. The van der Waals surface area contributed by atoms with Gasteiger partial charge in [0.05, 0.1) is 10.7 Å². The molecular formula is C14H18ClN3.